The van der Waals surface area contributed by atoms with Crippen molar-refractivity contribution >= 4 is 10.8 Å². The lowest BCUT2D eigenvalue weighted by atomic mass is 9.62. The van der Waals surface area contributed by atoms with E-state index in [9.17, 15) is 18.0 Å². The summed E-state index contributed by atoms with van der Waals surface area (Å²) in [5.41, 5.74) is 0.654. The average molecular weight is 515 g/mol. The van der Waals surface area contributed by atoms with Gasteiger partial charge < -0.3 is 15.0 Å². The topological polar surface area (TPSA) is 54.1 Å². The molecule has 1 atom stereocenters. The number of hydrogen-bond donors (Lipinski definition) is 2. The maximum atomic E-state index is 13.6. The fourth-order valence-electron chi connectivity index (χ4n) is 5.94. The highest BCUT2D eigenvalue weighted by molar-refractivity contribution is 5.83. The normalized spacial score (nSPS) is 21.2. The molecule has 1 aliphatic rings. The Hall–Kier alpha value is -2.80. The van der Waals surface area contributed by atoms with E-state index in [0.717, 1.165) is 73.4 Å². The summed E-state index contributed by atoms with van der Waals surface area (Å²) in [5, 5.41) is 5.12. The van der Waals surface area contributed by atoms with Crippen LogP contribution in [0.1, 0.15) is 69.1 Å². The predicted octanol–water partition coefficient (Wildman–Crippen LogP) is 7.14. The molecule has 0 amide bonds. The van der Waals surface area contributed by atoms with E-state index in [1.165, 1.54) is 6.07 Å². The van der Waals surface area contributed by atoms with E-state index in [2.05, 4.69) is 24.1 Å². The number of halogens is 3. The number of pyridine rings is 1. The maximum absolute atomic E-state index is 13.6. The molecule has 1 unspecified atom stereocenters. The first-order valence-electron chi connectivity index (χ1n) is 13.3. The number of alkyl halides is 3. The average Bonchev–Trinajstić information content (AvgIpc) is 2.89. The fourth-order valence-corrected chi connectivity index (χ4v) is 5.94. The largest absolute Gasteiger partial charge is 0.493 e. The van der Waals surface area contributed by atoms with Crippen molar-refractivity contribution in [2.24, 2.45) is 5.92 Å². The van der Waals surface area contributed by atoms with E-state index < -0.39 is 11.7 Å². The molecule has 0 spiro atoms. The number of nitrogens with one attached hydrogen (secondary N) is 2. The molecule has 2 N–H and O–H groups in total. The standard InChI is InChI=1S/C30H37F3N2O2/c1-4-14-34-27(5-2)29(23-7-6-8-24(18-23)30(31,32)33)12-9-21(10-13-29)19-37-26-17-22-11-15-35-28(36)25(22)16-20(26)3/h6-8,11,15-18,21,27,34H,4-5,9-10,12-14,19H2,1-3H3,(H,35,36). The van der Waals surface area contributed by atoms with Gasteiger partial charge in [-0.05, 0) is 98.7 Å². The zero-order valence-electron chi connectivity index (χ0n) is 21.9. The summed E-state index contributed by atoms with van der Waals surface area (Å²) >= 11 is 0. The summed E-state index contributed by atoms with van der Waals surface area (Å²) in [5.74, 6) is 1.08. The third-order valence-electron chi connectivity index (χ3n) is 8.02. The number of hydrogen-bond acceptors (Lipinski definition) is 3. The van der Waals surface area contributed by atoms with Crippen molar-refractivity contribution in [1.82, 2.24) is 10.3 Å². The number of ether oxygens (including phenoxy) is 1. The molecule has 1 heterocycles. The second-order valence-electron chi connectivity index (χ2n) is 10.4. The minimum atomic E-state index is -4.36. The van der Waals surface area contributed by atoms with Crippen LogP contribution in [0.2, 0.25) is 0 Å². The monoisotopic (exact) mass is 514 g/mol. The van der Waals surface area contributed by atoms with Gasteiger partial charge in [0.2, 0.25) is 0 Å². The molecular weight excluding hydrogens is 477 g/mol. The van der Waals surface area contributed by atoms with Crippen molar-refractivity contribution in [1.29, 1.82) is 0 Å². The van der Waals surface area contributed by atoms with Crippen molar-refractivity contribution in [3.63, 3.8) is 0 Å². The lowest BCUT2D eigenvalue weighted by Gasteiger charge is -2.46. The van der Waals surface area contributed by atoms with E-state index in [1.54, 1.807) is 12.3 Å². The van der Waals surface area contributed by atoms with Crippen molar-refractivity contribution in [3.05, 3.63) is 75.7 Å². The molecule has 200 valence electrons. The smallest absolute Gasteiger partial charge is 0.416 e. The molecule has 1 saturated carbocycles. The van der Waals surface area contributed by atoms with Gasteiger partial charge in [0.1, 0.15) is 5.75 Å². The molecule has 0 radical (unpaired) electrons. The number of benzene rings is 2. The molecule has 1 aromatic heterocycles. The van der Waals surface area contributed by atoms with Crippen LogP contribution < -0.4 is 15.6 Å². The van der Waals surface area contributed by atoms with Crippen LogP contribution in [-0.4, -0.2) is 24.2 Å². The van der Waals surface area contributed by atoms with E-state index in [4.69, 9.17) is 4.74 Å². The Morgan fingerprint density at radius 1 is 1.14 bits per heavy atom. The second kappa shape index (κ2) is 11.3. The molecule has 4 rings (SSSR count). The minimum Gasteiger partial charge on any atom is -0.493 e. The number of H-pyrrole nitrogens is 1. The van der Waals surface area contributed by atoms with Crippen LogP contribution >= 0.6 is 0 Å². The van der Waals surface area contributed by atoms with E-state index in [1.807, 2.05) is 31.2 Å². The van der Waals surface area contributed by atoms with E-state index in [-0.39, 0.29) is 17.0 Å². The van der Waals surface area contributed by atoms with E-state index >= 15 is 0 Å². The summed E-state index contributed by atoms with van der Waals surface area (Å²) in [6.07, 6.45) is 2.49. The van der Waals surface area contributed by atoms with Gasteiger partial charge in [0, 0.05) is 23.0 Å². The summed E-state index contributed by atoms with van der Waals surface area (Å²) in [6, 6.07) is 11.7. The molecule has 1 aliphatic carbocycles. The van der Waals surface area contributed by atoms with Gasteiger partial charge in [0.15, 0.2) is 0 Å². The van der Waals surface area contributed by atoms with Gasteiger partial charge in [0.05, 0.1) is 12.2 Å². The molecule has 0 saturated heterocycles. The zero-order valence-corrected chi connectivity index (χ0v) is 21.9. The molecule has 0 aliphatic heterocycles. The molecule has 7 heteroatoms. The highest BCUT2D eigenvalue weighted by Crippen LogP contribution is 2.46. The van der Waals surface area contributed by atoms with Crippen molar-refractivity contribution in [2.75, 3.05) is 13.2 Å². The van der Waals surface area contributed by atoms with Gasteiger partial charge in [0.25, 0.3) is 5.56 Å². The Morgan fingerprint density at radius 3 is 2.57 bits per heavy atom. The summed E-state index contributed by atoms with van der Waals surface area (Å²) < 4.78 is 46.9. The first kappa shape index (κ1) is 27.2. The zero-order chi connectivity index (χ0) is 26.6. The van der Waals surface area contributed by atoms with Crippen LogP contribution in [0.15, 0.2) is 53.5 Å². The van der Waals surface area contributed by atoms with Gasteiger partial charge >= 0.3 is 6.18 Å². The van der Waals surface area contributed by atoms with Crippen molar-refractivity contribution < 1.29 is 17.9 Å². The molecule has 0 bridgehead atoms. The number of fused-ring (bicyclic) bond motifs is 1. The van der Waals surface area contributed by atoms with Gasteiger partial charge in [-0.3, -0.25) is 4.79 Å². The van der Waals surface area contributed by atoms with Gasteiger partial charge in [-0.15, -0.1) is 0 Å². The Labute approximate surface area is 216 Å². The number of rotatable bonds is 9. The van der Waals surface area contributed by atoms with Crippen LogP contribution in [0.5, 0.6) is 5.75 Å². The molecule has 3 aromatic rings. The first-order chi connectivity index (χ1) is 17.7. The quantitative estimate of drug-likeness (QED) is 0.319. The Kier molecular flexibility index (Phi) is 8.32. The number of aryl methyl sites for hydroxylation is 1. The Balaban J connectivity index is 1.53. The molecular formula is C30H37F3N2O2. The molecule has 4 nitrogen and oxygen atoms in total. The SMILES string of the molecule is CCCNC(CC)C1(c2cccc(C(F)(F)F)c2)CCC(COc2cc3cc[nH]c(=O)c3cc2C)CC1. The molecule has 37 heavy (non-hydrogen) atoms. The number of aromatic amines is 1. The van der Waals surface area contributed by atoms with Gasteiger partial charge in [-0.25, -0.2) is 0 Å². The highest BCUT2D eigenvalue weighted by atomic mass is 19.4. The van der Waals surface area contributed by atoms with Crippen LogP contribution in [-0.2, 0) is 11.6 Å². The minimum absolute atomic E-state index is 0.110. The highest BCUT2D eigenvalue weighted by Gasteiger charge is 2.43. The summed E-state index contributed by atoms with van der Waals surface area (Å²) in [7, 11) is 0. The third kappa shape index (κ3) is 5.87. The Bertz CT molecular complexity index is 1260. The lowest BCUT2D eigenvalue weighted by Crippen LogP contribution is -2.50. The van der Waals surface area contributed by atoms with E-state index in [0.29, 0.717) is 17.9 Å². The third-order valence-corrected chi connectivity index (χ3v) is 8.02. The summed E-state index contributed by atoms with van der Waals surface area (Å²) in [4.78, 5) is 14.8. The van der Waals surface area contributed by atoms with Crippen LogP contribution in [0.4, 0.5) is 13.2 Å². The fraction of sp³-hybridized carbons (Fsp3) is 0.500. The molecule has 1 fully saturated rings. The first-order valence-corrected chi connectivity index (χ1v) is 13.3. The van der Waals surface area contributed by atoms with Gasteiger partial charge in [-0.2, -0.15) is 13.2 Å². The predicted molar refractivity (Wildman–Crippen MR) is 142 cm³/mol. The van der Waals surface area contributed by atoms with Crippen LogP contribution in [0.3, 0.4) is 0 Å². The number of aromatic nitrogens is 1. The summed E-state index contributed by atoms with van der Waals surface area (Å²) in [6.45, 7) is 7.55. The molecule has 2 aromatic carbocycles. The van der Waals surface area contributed by atoms with Gasteiger partial charge in [-0.1, -0.05) is 32.0 Å². The lowest BCUT2D eigenvalue weighted by molar-refractivity contribution is -0.137. The van der Waals surface area contributed by atoms with Crippen LogP contribution in [0, 0.1) is 12.8 Å². The van der Waals surface area contributed by atoms with Crippen molar-refractivity contribution in [2.45, 2.75) is 76.9 Å². The van der Waals surface area contributed by atoms with Crippen LogP contribution in [0.25, 0.3) is 10.8 Å². The second-order valence-corrected chi connectivity index (χ2v) is 10.4. The maximum Gasteiger partial charge on any atom is 0.416 e. The Morgan fingerprint density at radius 2 is 1.89 bits per heavy atom. The van der Waals surface area contributed by atoms with Crippen molar-refractivity contribution in [3.8, 4) is 5.75 Å².